The highest BCUT2D eigenvalue weighted by Crippen LogP contribution is 2.16. The van der Waals surface area contributed by atoms with Gasteiger partial charge in [0, 0.05) is 50.9 Å². The number of nitro groups is 1. The molecule has 2 aromatic carbocycles. The molecule has 11 heteroatoms. The Bertz CT molecular complexity index is 965. The molecule has 0 heterocycles. The number of carbonyl (C=O) groups excluding carboxylic acids is 1. The largest absolute Gasteiger partial charge is 0.383 e. The molecule has 0 atom stereocenters. The summed E-state index contributed by atoms with van der Waals surface area (Å²) in [7, 11) is -2.32. The fraction of sp³-hybridized carbons (Fsp3) is 0.316. The van der Waals surface area contributed by atoms with Gasteiger partial charge in [-0.05, 0) is 42.8 Å². The van der Waals surface area contributed by atoms with E-state index in [1.54, 1.807) is 12.1 Å². The van der Waals surface area contributed by atoms with Gasteiger partial charge in [0.25, 0.3) is 5.69 Å². The van der Waals surface area contributed by atoms with Crippen LogP contribution in [0, 0.1) is 15.9 Å². The van der Waals surface area contributed by atoms with E-state index in [0.29, 0.717) is 25.2 Å². The summed E-state index contributed by atoms with van der Waals surface area (Å²) in [6, 6.07) is 10.5. The average Bonchev–Trinajstić information content (AvgIpc) is 2.71. The number of nitro benzene ring substituents is 1. The van der Waals surface area contributed by atoms with Crippen molar-refractivity contribution in [3.63, 3.8) is 0 Å². The van der Waals surface area contributed by atoms with Crippen molar-refractivity contribution < 1.29 is 22.5 Å². The molecule has 0 saturated heterocycles. The third kappa shape index (κ3) is 6.78. The number of hydrogen-bond acceptors (Lipinski definition) is 6. The van der Waals surface area contributed by atoms with Gasteiger partial charge in [0.1, 0.15) is 5.82 Å². The van der Waals surface area contributed by atoms with Crippen LogP contribution in [0.1, 0.15) is 12.8 Å². The zero-order valence-electron chi connectivity index (χ0n) is 16.4. The van der Waals surface area contributed by atoms with Gasteiger partial charge in [-0.2, -0.15) is 0 Å². The van der Waals surface area contributed by atoms with E-state index in [9.17, 15) is 27.7 Å². The maximum absolute atomic E-state index is 13.0. The number of non-ortho nitro benzene ring substituents is 1. The van der Waals surface area contributed by atoms with Crippen LogP contribution in [0.3, 0.4) is 0 Å². The second-order valence-corrected chi connectivity index (χ2v) is 8.51. The van der Waals surface area contributed by atoms with Crippen LogP contribution in [-0.2, 0) is 14.8 Å². The Kier molecular flexibility index (Phi) is 8.25. The summed E-state index contributed by atoms with van der Waals surface area (Å²) in [6.45, 7) is 0.927. The topological polar surface area (TPSA) is 122 Å². The van der Waals surface area contributed by atoms with Gasteiger partial charge in [-0.15, -0.1) is 0 Å². The van der Waals surface area contributed by atoms with Crippen molar-refractivity contribution in [2.75, 3.05) is 32.0 Å². The molecule has 0 unspecified atom stereocenters. The number of amides is 1. The molecule has 0 aromatic heterocycles. The van der Waals surface area contributed by atoms with Crippen molar-refractivity contribution in [1.82, 2.24) is 9.62 Å². The van der Waals surface area contributed by atoms with Crippen molar-refractivity contribution >= 4 is 27.3 Å². The van der Waals surface area contributed by atoms with Crippen LogP contribution in [0.25, 0.3) is 0 Å². The molecule has 0 bridgehead atoms. The summed E-state index contributed by atoms with van der Waals surface area (Å²) >= 11 is 0. The first-order valence-electron chi connectivity index (χ1n) is 9.17. The van der Waals surface area contributed by atoms with Crippen molar-refractivity contribution in [3.8, 4) is 0 Å². The average molecular weight is 438 g/mol. The normalized spacial score (nSPS) is 11.3. The molecule has 162 valence electrons. The second-order valence-electron chi connectivity index (χ2n) is 6.46. The number of halogens is 1. The Balaban J connectivity index is 1.67. The minimum atomic E-state index is -3.73. The molecular formula is C19H23FN4O5S. The van der Waals surface area contributed by atoms with E-state index in [0.717, 1.165) is 16.4 Å². The predicted octanol–water partition coefficient (Wildman–Crippen LogP) is 2.36. The fourth-order valence-corrected chi connectivity index (χ4v) is 3.78. The summed E-state index contributed by atoms with van der Waals surface area (Å²) in [4.78, 5) is 22.0. The number of rotatable bonds is 11. The number of anilines is 1. The van der Waals surface area contributed by atoms with Gasteiger partial charge < -0.3 is 10.6 Å². The Labute approximate surface area is 174 Å². The van der Waals surface area contributed by atoms with E-state index < -0.39 is 20.8 Å². The number of carbonyl (C=O) groups is 1. The van der Waals surface area contributed by atoms with Crippen LogP contribution < -0.4 is 10.6 Å². The maximum Gasteiger partial charge on any atom is 0.269 e. The van der Waals surface area contributed by atoms with Crippen LogP contribution in [0.5, 0.6) is 0 Å². The zero-order chi connectivity index (χ0) is 22.1. The molecule has 2 aromatic rings. The first kappa shape index (κ1) is 23.2. The van der Waals surface area contributed by atoms with Gasteiger partial charge in [-0.3, -0.25) is 14.9 Å². The molecule has 2 N–H and O–H groups in total. The highest BCUT2D eigenvalue weighted by molar-refractivity contribution is 7.89. The molecule has 0 aliphatic rings. The summed E-state index contributed by atoms with van der Waals surface area (Å²) in [5, 5.41) is 16.3. The zero-order valence-corrected chi connectivity index (χ0v) is 17.2. The summed E-state index contributed by atoms with van der Waals surface area (Å²) in [6.07, 6.45) is 0.485. The lowest BCUT2D eigenvalue weighted by Gasteiger charge is -2.17. The van der Waals surface area contributed by atoms with Crippen LogP contribution in [-0.4, -0.2) is 50.2 Å². The second kappa shape index (κ2) is 10.6. The SMILES string of the molecule is CN(CCCC(=O)NCCNc1ccc([N+](=O)[O-])cc1)S(=O)(=O)c1ccc(F)cc1. The number of benzene rings is 2. The van der Waals surface area contributed by atoms with Gasteiger partial charge in [-0.1, -0.05) is 0 Å². The number of hydrogen-bond donors (Lipinski definition) is 2. The van der Waals surface area contributed by atoms with E-state index in [2.05, 4.69) is 10.6 Å². The molecule has 2 rings (SSSR count). The van der Waals surface area contributed by atoms with E-state index >= 15 is 0 Å². The maximum atomic E-state index is 13.0. The predicted molar refractivity (Wildman–Crippen MR) is 110 cm³/mol. The first-order valence-corrected chi connectivity index (χ1v) is 10.6. The van der Waals surface area contributed by atoms with Gasteiger partial charge in [0.15, 0.2) is 0 Å². The quantitative estimate of drug-likeness (QED) is 0.316. The highest BCUT2D eigenvalue weighted by atomic mass is 32.2. The van der Waals surface area contributed by atoms with E-state index in [-0.39, 0.29) is 29.5 Å². The van der Waals surface area contributed by atoms with Gasteiger partial charge >= 0.3 is 0 Å². The molecule has 9 nitrogen and oxygen atoms in total. The number of nitrogens with one attached hydrogen (secondary N) is 2. The summed E-state index contributed by atoms with van der Waals surface area (Å²) < 4.78 is 38.8. The molecule has 30 heavy (non-hydrogen) atoms. The Morgan fingerprint density at radius 1 is 1.10 bits per heavy atom. The van der Waals surface area contributed by atoms with Crippen molar-refractivity contribution in [2.24, 2.45) is 0 Å². The van der Waals surface area contributed by atoms with Crippen molar-refractivity contribution in [3.05, 3.63) is 64.5 Å². The third-order valence-electron chi connectivity index (χ3n) is 4.25. The summed E-state index contributed by atoms with van der Waals surface area (Å²) in [5.74, 6) is -0.732. The van der Waals surface area contributed by atoms with Crippen molar-refractivity contribution in [1.29, 1.82) is 0 Å². The van der Waals surface area contributed by atoms with Gasteiger partial charge in [0.2, 0.25) is 15.9 Å². The standard InChI is InChI=1S/C19H23FN4O5S/c1-23(30(28,29)18-10-4-15(20)5-11-18)14-2-3-19(25)22-13-12-21-16-6-8-17(9-7-16)24(26)27/h4-11,21H,2-3,12-14H2,1H3,(H,22,25). The lowest BCUT2D eigenvalue weighted by Crippen LogP contribution is -2.31. The Morgan fingerprint density at radius 3 is 2.33 bits per heavy atom. The smallest absolute Gasteiger partial charge is 0.269 e. The minimum absolute atomic E-state index is 0.000244. The third-order valence-corrected chi connectivity index (χ3v) is 6.12. The monoisotopic (exact) mass is 438 g/mol. The molecular weight excluding hydrogens is 415 g/mol. The first-order chi connectivity index (χ1) is 14.2. The van der Waals surface area contributed by atoms with E-state index in [1.165, 1.54) is 31.3 Å². The lowest BCUT2D eigenvalue weighted by atomic mass is 10.3. The fourth-order valence-electron chi connectivity index (χ4n) is 2.57. The number of sulfonamides is 1. The molecule has 1 amide bonds. The van der Waals surface area contributed by atoms with Gasteiger partial charge in [0.05, 0.1) is 9.82 Å². The van der Waals surface area contributed by atoms with Crippen LogP contribution in [0.2, 0.25) is 0 Å². The van der Waals surface area contributed by atoms with Crippen LogP contribution >= 0.6 is 0 Å². The molecule has 0 spiro atoms. The highest BCUT2D eigenvalue weighted by Gasteiger charge is 2.20. The number of nitrogens with zero attached hydrogens (tertiary/aromatic N) is 2. The van der Waals surface area contributed by atoms with Gasteiger partial charge in [-0.25, -0.2) is 17.1 Å². The van der Waals surface area contributed by atoms with Crippen LogP contribution in [0.4, 0.5) is 15.8 Å². The molecule has 0 aliphatic carbocycles. The Morgan fingerprint density at radius 2 is 1.73 bits per heavy atom. The molecule has 0 aliphatic heterocycles. The summed E-state index contributed by atoms with van der Waals surface area (Å²) in [5.41, 5.74) is 0.697. The van der Waals surface area contributed by atoms with E-state index in [4.69, 9.17) is 0 Å². The Hall–Kier alpha value is -3.05. The molecule has 0 saturated carbocycles. The molecule has 0 fully saturated rings. The molecule has 0 radical (unpaired) electrons. The lowest BCUT2D eigenvalue weighted by molar-refractivity contribution is -0.384. The minimum Gasteiger partial charge on any atom is -0.383 e. The van der Waals surface area contributed by atoms with Crippen LogP contribution in [0.15, 0.2) is 53.4 Å². The van der Waals surface area contributed by atoms with Crippen molar-refractivity contribution in [2.45, 2.75) is 17.7 Å². The van der Waals surface area contributed by atoms with E-state index in [1.807, 2.05) is 0 Å².